The smallest absolute Gasteiger partial charge is 0.285 e. The van der Waals surface area contributed by atoms with Crippen LogP contribution in [0.2, 0.25) is 5.02 Å². The van der Waals surface area contributed by atoms with Crippen LogP contribution in [0.3, 0.4) is 0 Å². The lowest BCUT2D eigenvalue weighted by Crippen LogP contribution is -2.43. The Morgan fingerprint density at radius 2 is 2.00 bits per heavy atom. The van der Waals surface area contributed by atoms with Crippen molar-refractivity contribution in [3.05, 3.63) is 59.1 Å². The fourth-order valence-electron chi connectivity index (χ4n) is 3.38. The molecule has 2 aromatic rings. The zero-order valence-corrected chi connectivity index (χ0v) is 15.3. The topological polar surface area (TPSA) is 78.8 Å². The van der Waals surface area contributed by atoms with Crippen LogP contribution in [0.15, 0.2) is 57.8 Å². The van der Waals surface area contributed by atoms with Crippen molar-refractivity contribution >= 4 is 39.1 Å². The first-order valence-corrected chi connectivity index (χ1v) is 10.0. The lowest BCUT2D eigenvalue weighted by molar-refractivity contribution is -0.119. The maximum atomic E-state index is 12.8. The van der Waals surface area contributed by atoms with Gasteiger partial charge in [-0.2, -0.15) is 8.42 Å². The van der Waals surface area contributed by atoms with Crippen LogP contribution in [-0.4, -0.2) is 37.6 Å². The molecule has 134 valence electrons. The van der Waals surface area contributed by atoms with Gasteiger partial charge in [0.05, 0.1) is 0 Å². The molecule has 0 aliphatic carbocycles. The zero-order chi connectivity index (χ0) is 18.3. The van der Waals surface area contributed by atoms with Crippen LogP contribution in [-0.2, 0) is 14.8 Å². The van der Waals surface area contributed by atoms with Crippen molar-refractivity contribution in [3.8, 4) is 0 Å². The van der Waals surface area contributed by atoms with Crippen molar-refractivity contribution in [2.24, 2.45) is 4.40 Å². The number of carbonyl (C=O) groups excluding carboxylic acids is 1. The number of nitrogens with zero attached hydrogens (tertiary/aromatic N) is 2. The molecule has 0 aromatic heterocycles. The number of rotatable bonds is 2. The van der Waals surface area contributed by atoms with Crippen LogP contribution in [0.1, 0.15) is 18.4 Å². The van der Waals surface area contributed by atoms with E-state index in [4.69, 9.17) is 11.6 Å². The molecule has 1 saturated heterocycles. The maximum Gasteiger partial charge on any atom is 0.285 e. The van der Waals surface area contributed by atoms with E-state index in [0.717, 1.165) is 6.42 Å². The summed E-state index contributed by atoms with van der Waals surface area (Å²) in [6.07, 6.45) is 1.42. The van der Waals surface area contributed by atoms with E-state index in [2.05, 4.69) is 9.71 Å². The molecule has 1 atom stereocenters. The second-order valence-electron chi connectivity index (χ2n) is 6.24. The molecule has 4 rings (SSSR count). The van der Waals surface area contributed by atoms with E-state index < -0.39 is 16.1 Å². The number of amidine groups is 1. The standard InChI is InChI=1S/C18H16ClN3O3S/c19-12-5-3-6-13(11-12)20-18(23)15-8-4-10-22(15)17-14-7-1-2-9-16(14)26(24,25)21-17/h1-3,5-7,9,11,15H,4,8,10H2,(H,20,23)/t15-/m0/s1. The number of likely N-dealkylation sites (tertiary alicyclic amines) is 1. The highest BCUT2D eigenvalue weighted by Crippen LogP contribution is 2.31. The Morgan fingerprint density at radius 1 is 1.19 bits per heavy atom. The van der Waals surface area contributed by atoms with Gasteiger partial charge in [-0.05, 0) is 43.2 Å². The molecule has 2 aromatic carbocycles. The monoisotopic (exact) mass is 389 g/mol. The third-order valence-corrected chi connectivity index (χ3v) is 6.09. The summed E-state index contributed by atoms with van der Waals surface area (Å²) in [4.78, 5) is 14.7. The molecule has 0 saturated carbocycles. The molecule has 0 spiro atoms. The van der Waals surface area contributed by atoms with Gasteiger partial charge in [-0.3, -0.25) is 4.79 Å². The van der Waals surface area contributed by atoms with Gasteiger partial charge < -0.3 is 10.2 Å². The third-order valence-electron chi connectivity index (χ3n) is 4.53. The van der Waals surface area contributed by atoms with E-state index in [9.17, 15) is 13.2 Å². The molecule has 0 radical (unpaired) electrons. The number of amides is 1. The number of halogens is 1. The highest BCUT2D eigenvalue weighted by Gasteiger charge is 2.39. The summed E-state index contributed by atoms with van der Waals surface area (Å²) in [5.41, 5.74) is 1.16. The maximum absolute atomic E-state index is 12.8. The molecule has 1 N–H and O–H groups in total. The fourth-order valence-corrected chi connectivity index (χ4v) is 4.79. The predicted octanol–water partition coefficient (Wildman–Crippen LogP) is 2.89. The molecule has 8 heteroatoms. The van der Waals surface area contributed by atoms with Gasteiger partial charge >= 0.3 is 0 Å². The molecule has 2 heterocycles. The first-order valence-electron chi connectivity index (χ1n) is 8.23. The Balaban J connectivity index is 1.63. The SMILES string of the molecule is O=C(Nc1cccc(Cl)c1)[C@@H]1CCCN1C1=NS(=O)(=O)c2ccccc21. The Kier molecular flexibility index (Phi) is 4.20. The molecule has 1 amide bonds. The van der Waals surface area contributed by atoms with Crippen LogP contribution >= 0.6 is 11.6 Å². The van der Waals surface area contributed by atoms with Gasteiger partial charge in [0, 0.05) is 22.8 Å². The molecule has 1 fully saturated rings. The summed E-state index contributed by atoms with van der Waals surface area (Å²) in [6.45, 7) is 0.580. The second-order valence-corrected chi connectivity index (χ2v) is 8.25. The molecule has 0 bridgehead atoms. The Morgan fingerprint density at radius 3 is 2.81 bits per heavy atom. The molecular formula is C18H16ClN3O3S. The minimum Gasteiger partial charge on any atom is -0.343 e. The van der Waals surface area contributed by atoms with Crippen molar-refractivity contribution in [1.29, 1.82) is 0 Å². The highest BCUT2D eigenvalue weighted by atomic mass is 35.5. The lowest BCUT2D eigenvalue weighted by Gasteiger charge is -2.25. The van der Waals surface area contributed by atoms with Crippen molar-refractivity contribution in [2.45, 2.75) is 23.8 Å². The summed E-state index contributed by atoms with van der Waals surface area (Å²) in [5.74, 6) is 0.151. The number of hydrogen-bond acceptors (Lipinski definition) is 4. The molecule has 26 heavy (non-hydrogen) atoms. The van der Waals surface area contributed by atoms with Gasteiger partial charge in [0.15, 0.2) is 5.84 Å². The summed E-state index contributed by atoms with van der Waals surface area (Å²) in [5, 5.41) is 3.39. The van der Waals surface area contributed by atoms with Crippen molar-refractivity contribution in [3.63, 3.8) is 0 Å². The van der Waals surface area contributed by atoms with E-state index in [1.54, 1.807) is 47.4 Å². The number of fused-ring (bicyclic) bond motifs is 1. The Bertz CT molecular complexity index is 1020. The van der Waals surface area contributed by atoms with Crippen LogP contribution < -0.4 is 5.32 Å². The molecule has 2 aliphatic heterocycles. The van der Waals surface area contributed by atoms with Crippen LogP contribution in [0, 0.1) is 0 Å². The summed E-state index contributed by atoms with van der Waals surface area (Å²) in [6, 6.07) is 13.1. The number of sulfonamides is 1. The minimum atomic E-state index is -3.71. The Labute approximate surface area is 156 Å². The lowest BCUT2D eigenvalue weighted by atomic mass is 10.1. The van der Waals surface area contributed by atoms with Gasteiger partial charge in [0.1, 0.15) is 10.9 Å². The van der Waals surface area contributed by atoms with E-state index in [0.29, 0.717) is 35.1 Å². The predicted molar refractivity (Wildman–Crippen MR) is 100.0 cm³/mol. The number of benzene rings is 2. The second kappa shape index (κ2) is 6.41. The van der Waals surface area contributed by atoms with Crippen molar-refractivity contribution in [1.82, 2.24) is 4.90 Å². The largest absolute Gasteiger partial charge is 0.343 e. The van der Waals surface area contributed by atoms with Gasteiger partial charge in [0.25, 0.3) is 10.0 Å². The number of carbonyl (C=O) groups is 1. The number of anilines is 1. The first kappa shape index (κ1) is 17.1. The van der Waals surface area contributed by atoms with E-state index >= 15 is 0 Å². The van der Waals surface area contributed by atoms with E-state index in [1.807, 2.05) is 0 Å². The summed E-state index contributed by atoms with van der Waals surface area (Å²) >= 11 is 5.96. The quantitative estimate of drug-likeness (QED) is 0.856. The normalized spacial score (nSPS) is 20.6. The van der Waals surface area contributed by atoms with Crippen LogP contribution in [0.25, 0.3) is 0 Å². The van der Waals surface area contributed by atoms with Crippen molar-refractivity contribution < 1.29 is 13.2 Å². The van der Waals surface area contributed by atoms with Gasteiger partial charge in [-0.15, -0.1) is 4.40 Å². The van der Waals surface area contributed by atoms with Crippen LogP contribution in [0.5, 0.6) is 0 Å². The summed E-state index contributed by atoms with van der Waals surface area (Å²) < 4.78 is 28.5. The summed E-state index contributed by atoms with van der Waals surface area (Å²) in [7, 11) is -3.71. The Hall–Kier alpha value is -2.38. The first-order chi connectivity index (χ1) is 12.5. The zero-order valence-electron chi connectivity index (χ0n) is 13.7. The number of nitrogens with one attached hydrogen (secondary N) is 1. The number of hydrogen-bond donors (Lipinski definition) is 1. The van der Waals surface area contributed by atoms with Crippen molar-refractivity contribution in [2.75, 3.05) is 11.9 Å². The van der Waals surface area contributed by atoms with E-state index in [-0.39, 0.29) is 10.8 Å². The fraction of sp³-hybridized carbons (Fsp3) is 0.222. The minimum absolute atomic E-state index is 0.191. The van der Waals surface area contributed by atoms with Gasteiger partial charge in [0.2, 0.25) is 5.91 Å². The highest BCUT2D eigenvalue weighted by molar-refractivity contribution is 7.90. The molecule has 6 nitrogen and oxygen atoms in total. The van der Waals surface area contributed by atoms with Gasteiger partial charge in [-0.25, -0.2) is 0 Å². The van der Waals surface area contributed by atoms with Crippen LogP contribution in [0.4, 0.5) is 5.69 Å². The van der Waals surface area contributed by atoms with E-state index in [1.165, 1.54) is 6.07 Å². The molecular weight excluding hydrogens is 374 g/mol. The molecule has 0 unspecified atom stereocenters. The third kappa shape index (κ3) is 2.97. The average molecular weight is 390 g/mol. The molecule has 2 aliphatic rings. The average Bonchev–Trinajstić information content (AvgIpc) is 3.18. The van der Waals surface area contributed by atoms with Gasteiger partial charge in [-0.1, -0.05) is 29.8 Å².